The van der Waals surface area contributed by atoms with E-state index in [0.29, 0.717) is 21.7 Å². The van der Waals surface area contributed by atoms with Gasteiger partial charge in [-0.3, -0.25) is 0 Å². The van der Waals surface area contributed by atoms with Gasteiger partial charge in [0.05, 0.1) is 0 Å². The molecule has 0 heterocycles. The van der Waals surface area contributed by atoms with Gasteiger partial charge in [-0.15, -0.1) is 10.5 Å². The number of aromatic hydroxyl groups is 2. The summed E-state index contributed by atoms with van der Waals surface area (Å²) in [5.74, 6) is -0.807. The number of rotatable bonds is 3. The summed E-state index contributed by atoms with van der Waals surface area (Å²) < 4.78 is 9.94. The van der Waals surface area contributed by atoms with Crippen LogP contribution in [0.3, 0.4) is 0 Å². The largest absolute Gasteiger partial charge is 0.507 e. The molecule has 4 aromatic rings. The van der Waals surface area contributed by atoms with Crippen LogP contribution < -0.4 is 9.47 Å². The Balaban J connectivity index is 2.23. The van der Waals surface area contributed by atoms with Crippen LogP contribution in [0, 0.1) is 23.0 Å². The highest BCUT2D eigenvalue weighted by Crippen LogP contribution is 2.53. The number of nitriles is 2. The lowest BCUT2D eigenvalue weighted by molar-refractivity contribution is 0.399. The van der Waals surface area contributed by atoms with Gasteiger partial charge in [-0.1, -0.05) is 54.6 Å². The van der Waals surface area contributed by atoms with Crippen molar-refractivity contribution in [3.8, 4) is 46.6 Å². The Labute approximate surface area is 159 Å². The predicted octanol–water partition coefficient (Wildman–Crippen LogP) is 4.79. The molecular formula is C22H12N2O4. The summed E-state index contributed by atoms with van der Waals surface area (Å²) in [7, 11) is 0. The number of phenolic OH excluding ortho intramolecular Hbond substituents is 2. The molecule has 0 aliphatic rings. The van der Waals surface area contributed by atoms with Gasteiger partial charge in [0, 0.05) is 16.5 Å². The fourth-order valence-electron chi connectivity index (χ4n) is 3.43. The third kappa shape index (κ3) is 2.49. The van der Waals surface area contributed by atoms with E-state index in [1.165, 1.54) is 12.3 Å². The van der Waals surface area contributed by atoms with Gasteiger partial charge in [-0.05, 0) is 22.2 Å². The van der Waals surface area contributed by atoms with Crippen molar-refractivity contribution < 1.29 is 19.7 Å². The van der Waals surface area contributed by atoms with Crippen LogP contribution >= 0.6 is 0 Å². The average molecular weight is 368 g/mol. The summed E-state index contributed by atoms with van der Waals surface area (Å²) in [4.78, 5) is 0. The van der Waals surface area contributed by atoms with Crippen LogP contribution in [0.25, 0.3) is 32.7 Å². The zero-order chi connectivity index (χ0) is 19.7. The zero-order valence-corrected chi connectivity index (χ0v) is 14.4. The van der Waals surface area contributed by atoms with E-state index < -0.39 is 5.75 Å². The summed E-state index contributed by atoms with van der Waals surface area (Å²) >= 11 is 0. The number of phenols is 2. The van der Waals surface area contributed by atoms with Gasteiger partial charge in [-0.2, -0.15) is 0 Å². The normalized spacial score (nSPS) is 10.4. The second kappa shape index (κ2) is 6.71. The number of nitrogens with zero attached hydrogens (tertiary/aromatic N) is 2. The highest BCUT2D eigenvalue weighted by Gasteiger charge is 2.26. The molecule has 6 heteroatoms. The minimum atomic E-state index is -0.405. The molecule has 0 aliphatic carbocycles. The average Bonchev–Trinajstić information content (AvgIpc) is 2.72. The second-order valence-corrected chi connectivity index (χ2v) is 5.99. The maximum atomic E-state index is 11.0. The SMILES string of the molecule is N#COc1c(O)c(-c2c(O)ccc3ccccc23)c2ccccc2c1OC#N. The zero-order valence-electron chi connectivity index (χ0n) is 14.4. The third-order valence-electron chi connectivity index (χ3n) is 4.55. The van der Waals surface area contributed by atoms with Crippen molar-refractivity contribution in [3.63, 3.8) is 0 Å². The van der Waals surface area contributed by atoms with Crippen LogP contribution in [0.5, 0.6) is 23.0 Å². The van der Waals surface area contributed by atoms with Crippen molar-refractivity contribution in [3.05, 3.63) is 60.7 Å². The summed E-state index contributed by atoms with van der Waals surface area (Å²) in [6.45, 7) is 0. The van der Waals surface area contributed by atoms with Gasteiger partial charge in [0.2, 0.25) is 5.75 Å². The van der Waals surface area contributed by atoms with E-state index in [0.717, 1.165) is 5.39 Å². The molecule has 0 saturated carbocycles. The van der Waals surface area contributed by atoms with Crippen LogP contribution in [0.4, 0.5) is 0 Å². The lowest BCUT2D eigenvalue weighted by Crippen LogP contribution is -1.95. The van der Waals surface area contributed by atoms with Crippen molar-refractivity contribution in [2.75, 3.05) is 0 Å². The molecule has 4 rings (SSSR count). The predicted molar refractivity (Wildman–Crippen MR) is 103 cm³/mol. The summed E-state index contributed by atoms with van der Waals surface area (Å²) in [6.07, 6.45) is 3.06. The first-order chi connectivity index (χ1) is 13.7. The van der Waals surface area contributed by atoms with Crippen molar-refractivity contribution in [1.29, 1.82) is 10.5 Å². The molecular weight excluding hydrogens is 356 g/mol. The first-order valence-corrected chi connectivity index (χ1v) is 8.28. The maximum absolute atomic E-state index is 11.0. The summed E-state index contributed by atoms with van der Waals surface area (Å²) in [5, 5.41) is 42.2. The topological polar surface area (TPSA) is 106 Å². The number of hydrogen-bond donors (Lipinski definition) is 2. The van der Waals surface area contributed by atoms with Crippen LogP contribution in [-0.2, 0) is 0 Å². The number of fused-ring (bicyclic) bond motifs is 2. The quantitative estimate of drug-likeness (QED) is 0.504. The molecule has 0 amide bonds. The lowest BCUT2D eigenvalue weighted by Gasteiger charge is -2.17. The van der Waals surface area contributed by atoms with E-state index in [-0.39, 0.29) is 22.8 Å². The number of hydrogen-bond acceptors (Lipinski definition) is 6. The monoisotopic (exact) mass is 368 g/mol. The molecule has 0 spiro atoms. The molecule has 2 N–H and O–H groups in total. The molecule has 0 radical (unpaired) electrons. The molecule has 0 bridgehead atoms. The smallest absolute Gasteiger partial charge is 0.292 e. The fourth-order valence-corrected chi connectivity index (χ4v) is 3.43. The molecule has 6 nitrogen and oxygen atoms in total. The first kappa shape index (κ1) is 17.0. The van der Waals surface area contributed by atoms with Crippen LogP contribution in [0.15, 0.2) is 60.7 Å². The Bertz CT molecular complexity index is 1320. The van der Waals surface area contributed by atoms with Crippen LogP contribution in [-0.4, -0.2) is 10.2 Å². The Kier molecular flexibility index (Phi) is 4.08. The summed E-state index contributed by atoms with van der Waals surface area (Å²) in [6, 6.07) is 17.6. The summed E-state index contributed by atoms with van der Waals surface area (Å²) in [5.41, 5.74) is 0.665. The van der Waals surface area contributed by atoms with Crippen molar-refractivity contribution in [2.45, 2.75) is 0 Å². The Morgan fingerprint density at radius 2 is 1.25 bits per heavy atom. The van der Waals surface area contributed by atoms with Gasteiger partial charge in [0.25, 0.3) is 12.5 Å². The second-order valence-electron chi connectivity index (χ2n) is 5.99. The molecule has 4 aromatic carbocycles. The van der Waals surface area contributed by atoms with Crippen molar-refractivity contribution in [2.24, 2.45) is 0 Å². The Morgan fingerprint density at radius 1 is 0.643 bits per heavy atom. The maximum Gasteiger partial charge on any atom is 0.292 e. The number of benzene rings is 4. The Morgan fingerprint density at radius 3 is 1.96 bits per heavy atom. The highest BCUT2D eigenvalue weighted by atomic mass is 16.5. The van der Waals surface area contributed by atoms with Gasteiger partial charge in [0.15, 0.2) is 11.5 Å². The minimum Gasteiger partial charge on any atom is -0.507 e. The van der Waals surface area contributed by atoms with Gasteiger partial charge < -0.3 is 19.7 Å². The molecule has 0 aromatic heterocycles. The lowest BCUT2D eigenvalue weighted by atomic mass is 9.91. The molecule has 0 aliphatic heterocycles. The van der Waals surface area contributed by atoms with Crippen molar-refractivity contribution >= 4 is 21.5 Å². The molecule has 0 atom stereocenters. The molecule has 0 saturated heterocycles. The first-order valence-electron chi connectivity index (χ1n) is 8.28. The van der Waals surface area contributed by atoms with Crippen LogP contribution in [0.2, 0.25) is 0 Å². The number of ether oxygens (including phenoxy) is 2. The Hall–Kier alpha value is -4.42. The van der Waals surface area contributed by atoms with E-state index >= 15 is 0 Å². The van der Waals surface area contributed by atoms with Gasteiger partial charge >= 0.3 is 0 Å². The van der Waals surface area contributed by atoms with Crippen molar-refractivity contribution in [1.82, 2.24) is 0 Å². The third-order valence-corrected chi connectivity index (χ3v) is 4.55. The van der Waals surface area contributed by atoms with E-state index in [1.54, 1.807) is 36.6 Å². The highest BCUT2D eigenvalue weighted by molar-refractivity contribution is 6.12. The van der Waals surface area contributed by atoms with E-state index in [4.69, 9.17) is 20.0 Å². The standard InChI is InChI=1S/C22H12N2O4/c23-11-27-21-16-8-4-3-7-15(16)19(20(26)22(21)28-12-24)18-14-6-2-1-5-13(14)9-10-17(18)25/h1-10,25-26H. The van der Waals surface area contributed by atoms with E-state index in [9.17, 15) is 10.2 Å². The van der Waals surface area contributed by atoms with Crippen LogP contribution in [0.1, 0.15) is 0 Å². The molecule has 0 fully saturated rings. The van der Waals surface area contributed by atoms with Gasteiger partial charge in [0.1, 0.15) is 5.75 Å². The molecule has 28 heavy (non-hydrogen) atoms. The van der Waals surface area contributed by atoms with E-state index in [2.05, 4.69) is 0 Å². The molecule has 134 valence electrons. The molecule has 0 unspecified atom stereocenters. The minimum absolute atomic E-state index is 0.0454. The van der Waals surface area contributed by atoms with Gasteiger partial charge in [-0.25, -0.2) is 0 Å². The van der Waals surface area contributed by atoms with E-state index in [1.807, 2.05) is 24.3 Å². The fraction of sp³-hybridized carbons (Fsp3) is 0.